The Kier molecular flexibility index (Phi) is 5.22. The van der Waals surface area contributed by atoms with Crippen molar-refractivity contribution >= 4 is 5.91 Å². The van der Waals surface area contributed by atoms with E-state index < -0.39 is 0 Å². The highest BCUT2D eigenvalue weighted by molar-refractivity contribution is 5.78. The lowest BCUT2D eigenvalue weighted by Crippen LogP contribution is -2.39. The van der Waals surface area contributed by atoms with Crippen molar-refractivity contribution in [3.8, 4) is 11.8 Å². The van der Waals surface area contributed by atoms with E-state index in [-0.39, 0.29) is 17.9 Å². The molecule has 0 fully saturated rings. The number of nitrogens with zero attached hydrogens (tertiary/aromatic N) is 1. The van der Waals surface area contributed by atoms with Crippen LogP contribution in [0.15, 0.2) is 0 Å². The highest BCUT2D eigenvalue weighted by Gasteiger charge is 2.18. The fourth-order valence-corrected chi connectivity index (χ4v) is 1.01. The zero-order valence-electron chi connectivity index (χ0n) is 9.22. The molecule has 0 unspecified atom stereocenters. The van der Waals surface area contributed by atoms with Gasteiger partial charge in [-0.05, 0) is 20.8 Å². The minimum atomic E-state index is 0.0565. The van der Waals surface area contributed by atoms with E-state index in [9.17, 15) is 4.79 Å². The Hall–Kier alpha value is -0.970. The minimum absolute atomic E-state index is 0.0565. The van der Waals surface area contributed by atoms with Crippen molar-refractivity contribution < 1.29 is 4.79 Å². The SMILES string of the molecule is CC#CCN(C(=O)C(C)C)C(C)C. The molecule has 0 aliphatic carbocycles. The normalized spacial score (nSPS) is 9.77. The van der Waals surface area contributed by atoms with Crippen LogP contribution in [0, 0.1) is 17.8 Å². The Morgan fingerprint density at radius 3 is 2.15 bits per heavy atom. The first kappa shape index (κ1) is 12.0. The predicted molar refractivity (Wildman–Crippen MR) is 55.1 cm³/mol. The largest absolute Gasteiger partial charge is 0.329 e. The highest BCUT2D eigenvalue weighted by Crippen LogP contribution is 2.05. The molecular weight excluding hydrogens is 162 g/mol. The Balaban J connectivity index is 4.39. The second kappa shape index (κ2) is 5.64. The van der Waals surface area contributed by atoms with Crippen LogP contribution in [0.4, 0.5) is 0 Å². The van der Waals surface area contributed by atoms with E-state index in [1.54, 1.807) is 11.8 Å². The lowest BCUT2D eigenvalue weighted by Gasteiger charge is -2.26. The molecule has 0 rings (SSSR count). The van der Waals surface area contributed by atoms with Gasteiger partial charge in [-0.1, -0.05) is 19.8 Å². The fraction of sp³-hybridized carbons (Fsp3) is 0.727. The number of amides is 1. The fourth-order valence-electron chi connectivity index (χ4n) is 1.01. The number of hydrogen-bond acceptors (Lipinski definition) is 1. The molecule has 0 radical (unpaired) electrons. The van der Waals surface area contributed by atoms with Crippen LogP contribution in [0.3, 0.4) is 0 Å². The standard InChI is InChI=1S/C11H19NO/c1-6-7-8-12(10(4)5)11(13)9(2)3/h9-10H,8H2,1-5H3. The van der Waals surface area contributed by atoms with E-state index >= 15 is 0 Å². The molecule has 0 N–H and O–H groups in total. The van der Waals surface area contributed by atoms with Gasteiger partial charge in [0.05, 0.1) is 6.54 Å². The molecule has 0 bridgehead atoms. The third-order valence-corrected chi connectivity index (χ3v) is 1.83. The van der Waals surface area contributed by atoms with Gasteiger partial charge in [-0.15, -0.1) is 5.92 Å². The van der Waals surface area contributed by atoms with Gasteiger partial charge >= 0.3 is 0 Å². The number of hydrogen-bond donors (Lipinski definition) is 0. The third-order valence-electron chi connectivity index (χ3n) is 1.83. The summed E-state index contributed by atoms with van der Waals surface area (Å²) < 4.78 is 0. The van der Waals surface area contributed by atoms with E-state index in [0.717, 1.165) is 0 Å². The molecule has 0 saturated carbocycles. The molecule has 13 heavy (non-hydrogen) atoms. The first-order chi connectivity index (χ1) is 6.00. The molecule has 2 heteroatoms. The summed E-state index contributed by atoms with van der Waals surface area (Å²) in [6.45, 7) is 10.2. The van der Waals surface area contributed by atoms with Gasteiger partial charge in [0.25, 0.3) is 0 Å². The molecule has 1 amide bonds. The monoisotopic (exact) mass is 181 g/mol. The third kappa shape index (κ3) is 3.98. The van der Waals surface area contributed by atoms with E-state index in [2.05, 4.69) is 11.8 Å². The minimum Gasteiger partial charge on any atom is -0.329 e. The van der Waals surface area contributed by atoms with Crippen molar-refractivity contribution in [3.63, 3.8) is 0 Å². The van der Waals surface area contributed by atoms with Gasteiger partial charge in [0, 0.05) is 12.0 Å². The molecule has 0 aliphatic rings. The van der Waals surface area contributed by atoms with Gasteiger partial charge in [0.2, 0.25) is 5.91 Å². The van der Waals surface area contributed by atoms with Gasteiger partial charge in [-0.25, -0.2) is 0 Å². The lowest BCUT2D eigenvalue weighted by molar-refractivity contribution is -0.135. The van der Waals surface area contributed by atoms with Crippen molar-refractivity contribution in [1.82, 2.24) is 4.90 Å². The van der Waals surface area contributed by atoms with E-state index in [1.165, 1.54) is 0 Å². The molecule has 0 spiro atoms. The van der Waals surface area contributed by atoms with Crippen LogP contribution < -0.4 is 0 Å². The zero-order valence-corrected chi connectivity index (χ0v) is 9.22. The molecule has 0 aromatic heterocycles. The summed E-state index contributed by atoms with van der Waals surface area (Å²) in [7, 11) is 0. The molecule has 0 heterocycles. The highest BCUT2D eigenvalue weighted by atomic mass is 16.2. The zero-order chi connectivity index (χ0) is 10.4. The van der Waals surface area contributed by atoms with Crippen LogP contribution in [0.5, 0.6) is 0 Å². The Morgan fingerprint density at radius 1 is 1.31 bits per heavy atom. The molecular formula is C11H19NO. The van der Waals surface area contributed by atoms with Gasteiger partial charge in [-0.3, -0.25) is 4.79 Å². The second-order valence-electron chi connectivity index (χ2n) is 3.64. The Morgan fingerprint density at radius 2 is 1.85 bits per heavy atom. The Labute approximate surface area is 81.3 Å². The smallest absolute Gasteiger partial charge is 0.226 e. The van der Waals surface area contributed by atoms with Gasteiger partial charge < -0.3 is 4.90 Å². The number of carbonyl (C=O) groups is 1. The first-order valence-electron chi connectivity index (χ1n) is 4.70. The summed E-state index contributed by atoms with van der Waals surface area (Å²) in [4.78, 5) is 13.5. The maximum atomic E-state index is 11.6. The predicted octanol–water partition coefficient (Wildman–Crippen LogP) is 1.90. The van der Waals surface area contributed by atoms with Crippen molar-refractivity contribution in [3.05, 3.63) is 0 Å². The van der Waals surface area contributed by atoms with Crippen molar-refractivity contribution in [2.24, 2.45) is 5.92 Å². The summed E-state index contributed by atoms with van der Waals surface area (Å²) in [5.41, 5.74) is 0. The molecule has 0 aliphatic heterocycles. The lowest BCUT2D eigenvalue weighted by atomic mass is 10.1. The molecule has 0 aromatic rings. The summed E-state index contributed by atoms with van der Waals surface area (Å²) >= 11 is 0. The molecule has 0 atom stereocenters. The van der Waals surface area contributed by atoms with Crippen LogP contribution >= 0.6 is 0 Å². The molecule has 2 nitrogen and oxygen atoms in total. The van der Waals surface area contributed by atoms with Crippen molar-refractivity contribution in [1.29, 1.82) is 0 Å². The van der Waals surface area contributed by atoms with Gasteiger partial charge in [-0.2, -0.15) is 0 Å². The summed E-state index contributed by atoms with van der Waals surface area (Å²) in [5.74, 6) is 5.96. The average molecular weight is 181 g/mol. The number of carbonyl (C=O) groups excluding carboxylic acids is 1. The van der Waals surface area contributed by atoms with Crippen LogP contribution in [0.25, 0.3) is 0 Å². The topological polar surface area (TPSA) is 20.3 Å². The van der Waals surface area contributed by atoms with Gasteiger partial charge in [0.1, 0.15) is 0 Å². The first-order valence-corrected chi connectivity index (χ1v) is 4.70. The summed E-state index contributed by atoms with van der Waals surface area (Å²) in [6.07, 6.45) is 0. The van der Waals surface area contributed by atoms with Crippen LogP contribution in [-0.2, 0) is 4.79 Å². The maximum Gasteiger partial charge on any atom is 0.226 e. The second-order valence-corrected chi connectivity index (χ2v) is 3.64. The van der Waals surface area contributed by atoms with Gasteiger partial charge in [0.15, 0.2) is 0 Å². The number of rotatable bonds is 3. The summed E-state index contributed by atoms with van der Waals surface area (Å²) in [6, 6.07) is 0.232. The Bertz CT molecular complexity index is 220. The molecule has 0 saturated heterocycles. The van der Waals surface area contributed by atoms with E-state index in [4.69, 9.17) is 0 Å². The maximum absolute atomic E-state index is 11.6. The van der Waals surface area contributed by atoms with Crippen molar-refractivity contribution in [2.45, 2.75) is 40.7 Å². The van der Waals surface area contributed by atoms with Crippen LogP contribution in [0.2, 0.25) is 0 Å². The van der Waals surface area contributed by atoms with Crippen LogP contribution in [-0.4, -0.2) is 23.4 Å². The quantitative estimate of drug-likeness (QED) is 0.609. The van der Waals surface area contributed by atoms with E-state index in [1.807, 2.05) is 27.7 Å². The van der Waals surface area contributed by atoms with Crippen molar-refractivity contribution in [2.75, 3.05) is 6.54 Å². The van der Waals surface area contributed by atoms with E-state index in [0.29, 0.717) is 6.54 Å². The average Bonchev–Trinajstić information content (AvgIpc) is 2.04. The molecule has 74 valence electrons. The molecule has 0 aromatic carbocycles. The van der Waals surface area contributed by atoms with Crippen LogP contribution in [0.1, 0.15) is 34.6 Å². The summed E-state index contributed by atoms with van der Waals surface area (Å²) in [5, 5.41) is 0.